The molecule has 0 aliphatic heterocycles. The van der Waals surface area contributed by atoms with Gasteiger partial charge in [0.2, 0.25) is 0 Å². The summed E-state index contributed by atoms with van der Waals surface area (Å²) in [6, 6.07) is 0.215. The van der Waals surface area contributed by atoms with Gasteiger partial charge in [0.05, 0.1) is 12.2 Å². The lowest BCUT2D eigenvalue weighted by Gasteiger charge is -2.12. The molecular formula is C8H14ClN3O. The van der Waals surface area contributed by atoms with E-state index in [4.69, 9.17) is 22.1 Å². The number of nitrogens with zero attached hydrogens (tertiary/aromatic N) is 2. The summed E-state index contributed by atoms with van der Waals surface area (Å²) in [5.74, 6) is 0.519. The van der Waals surface area contributed by atoms with Crippen LogP contribution in [0.4, 0.5) is 5.82 Å². The Kier molecular flexibility index (Phi) is 3.57. The molecule has 5 heteroatoms. The Morgan fingerprint density at radius 1 is 1.77 bits per heavy atom. The molecule has 0 amide bonds. The highest BCUT2D eigenvalue weighted by Gasteiger charge is 2.10. The molecule has 0 aromatic carbocycles. The number of hydrogen-bond acceptors (Lipinski definition) is 3. The summed E-state index contributed by atoms with van der Waals surface area (Å²) in [4.78, 5) is 0. The quantitative estimate of drug-likeness (QED) is 0.811. The number of hydrogen-bond donors (Lipinski definition) is 1. The average Bonchev–Trinajstić information content (AvgIpc) is 2.44. The van der Waals surface area contributed by atoms with E-state index in [1.807, 2.05) is 6.92 Å². The van der Waals surface area contributed by atoms with Crippen molar-refractivity contribution >= 4 is 17.4 Å². The second-order valence-electron chi connectivity index (χ2n) is 2.95. The van der Waals surface area contributed by atoms with Crippen LogP contribution in [0.5, 0.6) is 0 Å². The summed E-state index contributed by atoms with van der Waals surface area (Å²) in [6.07, 6.45) is 2.43. The normalized spacial score (nSPS) is 13.2. The monoisotopic (exact) mass is 203 g/mol. The molecule has 1 aromatic heterocycles. The number of rotatable bonds is 4. The first kappa shape index (κ1) is 10.3. The number of nitrogen functional groups attached to an aromatic ring is 1. The third-order valence-electron chi connectivity index (χ3n) is 1.94. The number of anilines is 1. The van der Waals surface area contributed by atoms with E-state index in [1.54, 1.807) is 18.0 Å². The van der Waals surface area contributed by atoms with Gasteiger partial charge in [-0.3, -0.25) is 0 Å². The Morgan fingerprint density at radius 3 is 2.92 bits per heavy atom. The molecule has 0 aliphatic carbocycles. The van der Waals surface area contributed by atoms with Crippen LogP contribution in [0, 0.1) is 0 Å². The van der Waals surface area contributed by atoms with Gasteiger partial charge in [0.15, 0.2) is 0 Å². The van der Waals surface area contributed by atoms with E-state index in [-0.39, 0.29) is 6.04 Å². The summed E-state index contributed by atoms with van der Waals surface area (Å²) >= 11 is 5.77. The lowest BCUT2D eigenvalue weighted by Crippen LogP contribution is -2.12. The topological polar surface area (TPSA) is 53.1 Å². The molecule has 0 fully saturated rings. The Bertz CT molecular complexity index is 274. The minimum absolute atomic E-state index is 0.215. The van der Waals surface area contributed by atoms with E-state index in [1.165, 1.54) is 0 Å². The second-order valence-corrected chi connectivity index (χ2v) is 3.36. The van der Waals surface area contributed by atoms with Crippen molar-refractivity contribution in [3.05, 3.63) is 11.2 Å². The van der Waals surface area contributed by atoms with Crippen LogP contribution >= 0.6 is 11.6 Å². The van der Waals surface area contributed by atoms with Crippen LogP contribution in [0.3, 0.4) is 0 Å². The largest absolute Gasteiger partial charge is 0.385 e. The van der Waals surface area contributed by atoms with Gasteiger partial charge in [-0.25, -0.2) is 4.68 Å². The molecule has 4 nitrogen and oxygen atoms in total. The van der Waals surface area contributed by atoms with Gasteiger partial charge in [-0.2, -0.15) is 5.10 Å². The lowest BCUT2D eigenvalue weighted by atomic mass is 10.2. The number of ether oxygens (including phenoxy) is 1. The van der Waals surface area contributed by atoms with Gasteiger partial charge in [0.1, 0.15) is 10.8 Å². The molecule has 0 aliphatic rings. The zero-order valence-corrected chi connectivity index (χ0v) is 8.58. The van der Waals surface area contributed by atoms with Crippen LogP contribution in [0.2, 0.25) is 5.02 Å². The van der Waals surface area contributed by atoms with E-state index in [0.717, 1.165) is 6.42 Å². The molecule has 0 saturated heterocycles. The fraction of sp³-hybridized carbons (Fsp3) is 0.625. The maximum Gasteiger partial charge on any atom is 0.140 e. The van der Waals surface area contributed by atoms with Crippen molar-refractivity contribution in [2.45, 2.75) is 19.4 Å². The van der Waals surface area contributed by atoms with Crippen LogP contribution < -0.4 is 5.73 Å². The molecule has 1 rings (SSSR count). The van der Waals surface area contributed by atoms with Crippen molar-refractivity contribution in [2.24, 2.45) is 0 Å². The molecule has 1 unspecified atom stereocenters. The van der Waals surface area contributed by atoms with Gasteiger partial charge in [-0.05, 0) is 13.3 Å². The Balaban J connectivity index is 2.65. The van der Waals surface area contributed by atoms with Gasteiger partial charge in [0.25, 0.3) is 0 Å². The minimum atomic E-state index is 0.215. The fourth-order valence-corrected chi connectivity index (χ4v) is 1.24. The molecule has 1 heterocycles. The zero-order chi connectivity index (χ0) is 9.84. The standard InChI is InChI=1S/C8H14ClN3O/c1-6(3-4-13-2)12-8(10)7(9)5-11-12/h5-6H,3-4,10H2,1-2H3. The number of methoxy groups -OCH3 is 1. The van der Waals surface area contributed by atoms with Crippen molar-refractivity contribution in [3.63, 3.8) is 0 Å². The maximum atomic E-state index is 5.77. The van der Waals surface area contributed by atoms with E-state index in [2.05, 4.69) is 5.10 Å². The lowest BCUT2D eigenvalue weighted by molar-refractivity contribution is 0.179. The smallest absolute Gasteiger partial charge is 0.140 e. The van der Waals surface area contributed by atoms with Crippen LogP contribution in [-0.4, -0.2) is 23.5 Å². The van der Waals surface area contributed by atoms with Gasteiger partial charge >= 0.3 is 0 Å². The van der Waals surface area contributed by atoms with E-state index in [9.17, 15) is 0 Å². The summed E-state index contributed by atoms with van der Waals surface area (Å²) in [5.41, 5.74) is 5.70. The van der Waals surface area contributed by atoms with E-state index < -0.39 is 0 Å². The highest BCUT2D eigenvalue weighted by Crippen LogP contribution is 2.22. The summed E-state index contributed by atoms with van der Waals surface area (Å²) in [6.45, 7) is 2.72. The SMILES string of the molecule is COCCC(C)n1ncc(Cl)c1N. The van der Waals surface area contributed by atoms with Gasteiger partial charge < -0.3 is 10.5 Å². The van der Waals surface area contributed by atoms with E-state index in [0.29, 0.717) is 17.4 Å². The molecule has 13 heavy (non-hydrogen) atoms. The number of nitrogens with two attached hydrogens (primary N) is 1. The first-order valence-corrected chi connectivity index (χ1v) is 4.52. The Morgan fingerprint density at radius 2 is 2.46 bits per heavy atom. The summed E-state index contributed by atoms with van der Waals surface area (Å²) in [5, 5.41) is 4.58. The highest BCUT2D eigenvalue weighted by molar-refractivity contribution is 6.32. The predicted molar refractivity (Wildman–Crippen MR) is 52.9 cm³/mol. The molecule has 0 saturated carbocycles. The molecule has 1 atom stereocenters. The average molecular weight is 204 g/mol. The second kappa shape index (κ2) is 4.48. The third kappa shape index (κ3) is 2.35. The molecule has 0 spiro atoms. The molecule has 1 aromatic rings. The maximum absolute atomic E-state index is 5.77. The third-order valence-corrected chi connectivity index (χ3v) is 2.24. The number of halogens is 1. The fourth-order valence-electron chi connectivity index (χ4n) is 1.11. The van der Waals surface area contributed by atoms with Crippen LogP contribution in [0.25, 0.3) is 0 Å². The minimum Gasteiger partial charge on any atom is -0.385 e. The van der Waals surface area contributed by atoms with Crippen molar-refractivity contribution in [1.82, 2.24) is 9.78 Å². The number of aromatic nitrogens is 2. The van der Waals surface area contributed by atoms with Crippen molar-refractivity contribution in [1.29, 1.82) is 0 Å². The predicted octanol–water partition coefficient (Wildman–Crippen LogP) is 1.72. The summed E-state index contributed by atoms with van der Waals surface area (Å²) in [7, 11) is 1.67. The van der Waals surface area contributed by atoms with Gasteiger partial charge in [-0.1, -0.05) is 11.6 Å². The van der Waals surface area contributed by atoms with Gasteiger partial charge in [-0.15, -0.1) is 0 Å². The first-order chi connectivity index (χ1) is 6.16. The van der Waals surface area contributed by atoms with Crippen molar-refractivity contribution in [3.8, 4) is 0 Å². The zero-order valence-electron chi connectivity index (χ0n) is 7.83. The Hall–Kier alpha value is -0.740. The Labute approximate surface area is 82.6 Å². The first-order valence-electron chi connectivity index (χ1n) is 4.14. The molecule has 2 N–H and O–H groups in total. The van der Waals surface area contributed by atoms with Crippen molar-refractivity contribution < 1.29 is 4.74 Å². The highest BCUT2D eigenvalue weighted by atomic mass is 35.5. The molecule has 74 valence electrons. The van der Waals surface area contributed by atoms with Crippen molar-refractivity contribution in [2.75, 3.05) is 19.5 Å². The van der Waals surface area contributed by atoms with Crippen LogP contribution in [0.1, 0.15) is 19.4 Å². The van der Waals surface area contributed by atoms with Crippen LogP contribution in [-0.2, 0) is 4.74 Å². The van der Waals surface area contributed by atoms with E-state index >= 15 is 0 Å². The molecule has 0 bridgehead atoms. The molecular weight excluding hydrogens is 190 g/mol. The van der Waals surface area contributed by atoms with Gasteiger partial charge in [0, 0.05) is 13.7 Å². The summed E-state index contributed by atoms with van der Waals surface area (Å²) < 4.78 is 6.68. The molecule has 0 radical (unpaired) electrons. The van der Waals surface area contributed by atoms with Crippen LogP contribution in [0.15, 0.2) is 6.20 Å².